The molecule has 1 aliphatic carbocycles. The number of rotatable bonds is 6. The molecule has 2 atom stereocenters. The molecule has 0 bridgehead atoms. The molecule has 2 unspecified atom stereocenters. The molecule has 3 N–H and O–H groups in total. The molecule has 108 valence electrons. The maximum atomic E-state index is 9.66. The van der Waals surface area contributed by atoms with E-state index in [-0.39, 0.29) is 18.7 Å². The highest BCUT2D eigenvalue weighted by Crippen LogP contribution is 2.23. The van der Waals surface area contributed by atoms with Crippen molar-refractivity contribution in [3.05, 3.63) is 0 Å². The van der Waals surface area contributed by atoms with Crippen LogP contribution in [-0.2, 0) is 0 Å². The van der Waals surface area contributed by atoms with Crippen molar-refractivity contribution in [3.8, 4) is 0 Å². The SMILES string of the molecule is CC(C)CC(N)C(CO)N(C)C1CCCCCC1. The molecule has 3 heteroatoms. The van der Waals surface area contributed by atoms with Crippen LogP contribution in [0.5, 0.6) is 0 Å². The third kappa shape index (κ3) is 4.87. The molecule has 0 amide bonds. The van der Waals surface area contributed by atoms with Crippen molar-refractivity contribution >= 4 is 0 Å². The maximum Gasteiger partial charge on any atom is 0.0601 e. The van der Waals surface area contributed by atoms with Crippen molar-refractivity contribution in [1.29, 1.82) is 0 Å². The Labute approximate surface area is 113 Å². The molecular weight excluding hydrogens is 224 g/mol. The van der Waals surface area contributed by atoms with Crippen molar-refractivity contribution in [3.63, 3.8) is 0 Å². The van der Waals surface area contributed by atoms with Crippen molar-refractivity contribution in [2.45, 2.75) is 76.9 Å². The first kappa shape index (κ1) is 15.9. The van der Waals surface area contributed by atoms with Crippen LogP contribution < -0.4 is 5.73 Å². The summed E-state index contributed by atoms with van der Waals surface area (Å²) in [6.45, 7) is 4.57. The Hall–Kier alpha value is -0.120. The fraction of sp³-hybridized carbons (Fsp3) is 1.00. The monoisotopic (exact) mass is 256 g/mol. The molecule has 0 aromatic carbocycles. The van der Waals surface area contributed by atoms with Crippen molar-refractivity contribution in [2.75, 3.05) is 13.7 Å². The number of hydrogen-bond acceptors (Lipinski definition) is 3. The second-order valence-electron chi connectivity index (χ2n) is 6.35. The Morgan fingerprint density at radius 1 is 1.17 bits per heavy atom. The van der Waals surface area contributed by atoms with Crippen LogP contribution >= 0.6 is 0 Å². The largest absolute Gasteiger partial charge is 0.395 e. The fourth-order valence-corrected chi connectivity index (χ4v) is 3.20. The summed E-state index contributed by atoms with van der Waals surface area (Å²) in [6, 6.07) is 0.821. The summed E-state index contributed by atoms with van der Waals surface area (Å²) in [7, 11) is 2.15. The Kier molecular flexibility index (Phi) is 7.20. The van der Waals surface area contributed by atoms with Gasteiger partial charge in [-0.1, -0.05) is 39.5 Å². The van der Waals surface area contributed by atoms with Crippen LogP contribution in [0.4, 0.5) is 0 Å². The fourth-order valence-electron chi connectivity index (χ4n) is 3.20. The predicted molar refractivity (Wildman–Crippen MR) is 77.6 cm³/mol. The lowest BCUT2D eigenvalue weighted by atomic mass is 9.95. The lowest BCUT2D eigenvalue weighted by Crippen LogP contribution is -2.52. The Balaban J connectivity index is 2.56. The molecule has 18 heavy (non-hydrogen) atoms. The van der Waals surface area contributed by atoms with E-state index in [1.165, 1.54) is 38.5 Å². The van der Waals surface area contributed by atoms with E-state index in [0.29, 0.717) is 12.0 Å². The molecule has 0 aromatic heterocycles. The second-order valence-corrected chi connectivity index (χ2v) is 6.35. The summed E-state index contributed by atoms with van der Waals surface area (Å²) >= 11 is 0. The van der Waals surface area contributed by atoms with Crippen LogP contribution in [-0.4, -0.2) is 41.8 Å². The molecule has 0 aromatic rings. The van der Waals surface area contributed by atoms with Crippen molar-refractivity contribution < 1.29 is 5.11 Å². The highest BCUT2D eigenvalue weighted by atomic mass is 16.3. The summed E-state index contributed by atoms with van der Waals surface area (Å²) in [6.07, 6.45) is 8.91. The minimum absolute atomic E-state index is 0.0863. The maximum absolute atomic E-state index is 9.66. The van der Waals surface area contributed by atoms with Gasteiger partial charge in [-0.25, -0.2) is 0 Å². The lowest BCUT2D eigenvalue weighted by Gasteiger charge is -2.37. The van der Waals surface area contributed by atoms with Gasteiger partial charge in [0.25, 0.3) is 0 Å². The Morgan fingerprint density at radius 2 is 1.72 bits per heavy atom. The van der Waals surface area contributed by atoms with E-state index >= 15 is 0 Å². The molecule has 3 nitrogen and oxygen atoms in total. The minimum Gasteiger partial charge on any atom is -0.395 e. The predicted octanol–water partition coefficient (Wildman–Crippen LogP) is 2.38. The number of nitrogens with two attached hydrogens (primary N) is 1. The highest BCUT2D eigenvalue weighted by molar-refractivity contribution is 4.85. The van der Waals surface area contributed by atoms with E-state index in [4.69, 9.17) is 5.73 Å². The normalized spacial score (nSPS) is 22.2. The molecule has 0 aliphatic heterocycles. The van der Waals surface area contributed by atoms with Gasteiger partial charge in [-0.05, 0) is 32.2 Å². The summed E-state index contributed by atoms with van der Waals surface area (Å²) < 4.78 is 0. The van der Waals surface area contributed by atoms with Gasteiger partial charge >= 0.3 is 0 Å². The number of hydrogen-bond donors (Lipinski definition) is 2. The summed E-state index contributed by atoms with van der Waals surface area (Å²) in [5.41, 5.74) is 6.27. The first-order chi connectivity index (χ1) is 8.56. The van der Waals surface area contributed by atoms with Gasteiger partial charge in [0.1, 0.15) is 0 Å². The quantitative estimate of drug-likeness (QED) is 0.717. The van der Waals surface area contributed by atoms with Crippen LogP contribution in [0.25, 0.3) is 0 Å². The molecule has 1 aliphatic rings. The summed E-state index contributed by atoms with van der Waals surface area (Å²) in [4.78, 5) is 2.36. The van der Waals surface area contributed by atoms with Gasteiger partial charge in [0.15, 0.2) is 0 Å². The zero-order chi connectivity index (χ0) is 13.5. The minimum atomic E-state index is 0.0863. The second kappa shape index (κ2) is 8.13. The molecule has 1 fully saturated rings. The Bertz CT molecular complexity index is 213. The number of nitrogens with zero attached hydrogens (tertiary/aromatic N) is 1. The van der Waals surface area contributed by atoms with E-state index < -0.39 is 0 Å². The topological polar surface area (TPSA) is 49.5 Å². The van der Waals surface area contributed by atoms with Crippen molar-refractivity contribution in [1.82, 2.24) is 4.90 Å². The van der Waals surface area contributed by atoms with Gasteiger partial charge in [-0.2, -0.15) is 0 Å². The average molecular weight is 256 g/mol. The summed E-state index contributed by atoms with van der Waals surface area (Å²) in [5.74, 6) is 0.594. The molecule has 1 saturated carbocycles. The van der Waals surface area contributed by atoms with E-state index in [1.807, 2.05) is 0 Å². The zero-order valence-corrected chi connectivity index (χ0v) is 12.4. The molecule has 0 heterocycles. The van der Waals surface area contributed by atoms with E-state index in [2.05, 4.69) is 25.8 Å². The van der Waals surface area contributed by atoms with Gasteiger partial charge in [0, 0.05) is 18.1 Å². The first-order valence-electron chi connectivity index (χ1n) is 7.64. The third-order valence-electron chi connectivity index (χ3n) is 4.35. The lowest BCUT2D eigenvalue weighted by molar-refractivity contribution is 0.0788. The number of aliphatic hydroxyl groups is 1. The molecule has 0 radical (unpaired) electrons. The van der Waals surface area contributed by atoms with Crippen LogP contribution in [0.15, 0.2) is 0 Å². The van der Waals surface area contributed by atoms with Gasteiger partial charge in [0.05, 0.1) is 6.61 Å². The zero-order valence-electron chi connectivity index (χ0n) is 12.4. The van der Waals surface area contributed by atoms with Crippen LogP contribution in [0.2, 0.25) is 0 Å². The molecule has 1 rings (SSSR count). The third-order valence-corrected chi connectivity index (χ3v) is 4.35. The van der Waals surface area contributed by atoms with E-state index in [0.717, 1.165) is 6.42 Å². The Morgan fingerprint density at radius 3 is 2.17 bits per heavy atom. The van der Waals surface area contributed by atoms with Crippen LogP contribution in [0.3, 0.4) is 0 Å². The first-order valence-corrected chi connectivity index (χ1v) is 7.64. The standard InChI is InChI=1S/C15H32N2O/c1-12(2)10-14(16)15(11-18)17(3)13-8-6-4-5-7-9-13/h12-15,18H,4-11,16H2,1-3H3. The smallest absolute Gasteiger partial charge is 0.0601 e. The van der Waals surface area contributed by atoms with E-state index in [1.54, 1.807) is 0 Å². The van der Waals surface area contributed by atoms with Gasteiger partial charge < -0.3 is 10.8 Å². The summed E-state index contributed by atoms with van der Waals surface area (Å²) in [5, 5.41) is 9.66. The molecular formula is C15H32N2O. The molecule has 0 spiro atoms. The molecule has 0 saturated heterocycles. The van der Waals surface area contributed by atoms with Gasteiger partial charge in [-0.3, -0.25) is 4.90 Å². The highest BCUT2D eigenvalue weighted by Gasteiger charge is 2.27. The van der Waals surface area contributed by atoms with E-state index in [9.17, 15) is 5.11 Å². The van der Waals surface area contributed by atoms with Crippen molar-refractivity contribution in [2.24, 2.45) is 11.7 Å². The average Bonchev–Trinajstić information content (AvgIpc) is 2.57. The van der Waals surface area contributed by atoms with Crippen LogP contribution in [0, 0.1) is 5.92 Å². The van der Waals surface area contributed by atoms with Crippen LogP contribution in [0.1, 0.15) is 58.8 Å². The number of aliphatic hydroxyl groups excluding tert-OH is 1. The van der Waals surface area contributed by atoms with Gasteiger partial charge in [0.2, 0.25) is 0 Å². The number of likely N-dealkylation sites (N-methyl/N-ethyl adjacent to an activating group) is 1. The van der Waals surface area contributed by atoms with Gasteiger partial charge in [-0.15, -0.1) is 0 Å².